The molecule has 0 unspecified atom stereocenters. The van der Waals surface area contributed by atoms with E-state index in [1.54, 1.807) is 10.9 Å². The lowest BCUT2D eigenvalue weighted by molar-refractivity contribution is -0.122. The minimum Gasteiger partial charge on any atom is -0.388 e. The van der Waals surface area contributed by atoms with E-state index in [1.165, 1.54) is 0 Å². The van der Waals surface area contributed by atoms with Crippen LogP contribution >= 0.6 is 0 Å². The molecule has 2 saturated heterocycles. The molecular formula is C13H19N3O4. The second kappa shape index (κ2) is 5.51. The molecule has 2 N–H and O–H groups in total. The highest BCUT2D eigenvalue weighted by molar-refractivity contribution is 5.76. The summed E-state index contributed by atoms with van der Waals surface area (Å²) >= 11 is 0. The molecule has 20 heavy (non-hydrogen) atoms. The van der Waals surface area contributed by atoms with Gasteiger partial charge in [-0.2, -0.15) is 5.10 Å². The van der Waals surface area contributed by atoms with Crippen molar-refractivity contribution in [3.05, 3.63) is 18.0 Å². The van der Waals surface area contributed by atoms with Gasteiger partial charge in [0.2, 0.25) is 5.91 Å². The number of aliphatic hydroxyl groups is 1. The summed E-state index contributed by atoms with van der Waals surface area (Å²) in [4.78, 5) is 11.9. The first-order chi connectivity index (χ1) is 9.65. The van der Waals surface area contributed by atoms with E-state index < -0.39 is 6.10 Å². The Bertz CT molecular complexity index is 490. The van der Waals surface area contributed by atoms with Gasteiger partial charge in [-0.15, -0.1) is 0 Å². The van der Waals surface area contributed by atoms with Gasteiger partial charge in [-0.3, -0.25) is 9.48 Å². The molecule has 2 aliphatic rings. The fourth-order valence-corrected chi connectivity index (χ4v) is 2.72. The summed E-state index contributed by atoms with van der Waals surface area (Å²) in [6, 6.07) is 1.73. The lowest BCUT2D eigenvalue weighted by Gasteiger charge is -2.17. The lowest BCUT2D eigenvalue weighted by Crippen LogP contribution is -2.44. The number of aromatic nitrogens is 2. The summed E-state index contributed by atoms with van der Waals surface area (Å²) in [6.07, 6.45) is 0.942. The minimum atomic E-state index is -0.589. The zero-order chi connectivity index (χ0) is 14.1. The van der Waals surface area contributed by atoms with Gasteiger partial charge < -0.3 is 19.9 Å². The Morgan fingerprint density at radius 1 is 1.50 bits per heavy atom. The van der Waals surface area contributed by atoms with E-state index in [9.17, 15) is 9.90 Å². The van der Waals surface area contributed by atoms with Crippen LogP contribution in [0.1, 0.15) is 12.1 Å². The molecule has 4 atom stereocenters. The zero-order valence-electron chi connectivity index (χ0n) is 11.4. The van der Waals surface area contributed by atoms with Crippen molar-refractivity contribution in [1.82, 2.24) is 15.1 Å². The Balaban J connectivity index is 1.49. The normalized spacial score (nSPS) is 32.3. The third kappa shape index (κ3) is 2.56. The maximum absolute atomic E-state index is 11.9. The number of nitrogens with zero attached hydrogens (tertiary/aromatic N) is 2. The number of rotatable bonds is 4. The SMILES string of the molecule is Cc1ccnn1CCC(=O)N[C@H]1CO[C@H]2[C@@H]1OC[C@@H]2O. The Morgan fingerprint density at radius 2 is 2.30 bits per heavy atom. The number of fused-ring (bicyclic) bond motifs is 1. The quantitative estimate of drug-likeness (QED) is 0.756. The van der Waals surface area contributed by atoms with E-state index in [-0.39, 0.29) is 30.8 Å². The highest BCUT2D eigenvalue weighted by atomic mass is 16.6. The van der Waals surface area contributed by atoms with Crippen molar-refractivity contribution < 1.29 is 19.4 Å². The predicted molar refractivity (Wildman–Crippen MR) is 69.0 cm³/mol. The summed E-state index contributed by atoms with van der Waals surface area (Å²) in [7, 11) is 0. The Kier molecular flexibility index (Phi) is 3.73. The number of nitrogens with one attached hydrogen (secondary N) is 1. The summed E-state index contributed by atoms with van der Waals surface area (Å²) in [5.41, 5.74) is 1.03. The van der Waals surface area contributed by atoms with Crippen LogP contribution < -0.4 is 5.32 Å². The number of amides is 1. The van der Waals surface area contributed by atoms with Gasteiger partial charge in [0.05, 0.1) is 19.3 Å². The van der Waals surface area contributed by atoms with Crippen molar-refractivity contribution >= 4 is 5.91 Å². The summed E-state index contributed by atoms with van der Waals surface area (Å²) < 4.78 is 12.7. The summed E-state index contributed by atoms with van der Waals surface area (Å²) in [5.74, 6) is -0.0564. The second-order valence-electron chi connectivity index (χ2n) is 5.28. The smallest absolute Gasteiger partial charge is 0.222 e. The van der Waals surface area contributed by atoms with E-state index in [0.717, 1.165) is 5.69 Å². The van der Waals surface area contributed by atoms with Gasteiger partial charge >= 0.3 is 0 Å². The van der Waals surface area contributed by atoms with Crippen LogP contribution in [0.5, 0.6) is 0 Å². The first kappa shape index (κ1) is 13.5. The van der Waals surface area contributed by atoms with Gasteiger partial charge in [0.15, 0.2) is 0 Å². The van der Waals surface area contributed by atoms with Crippen LogP contribution in [0.15, 0.2) is 12.3 Å². The minimum absolute atomic E-state index is 0.0564. The number of carbonyl (C=O) groups is 1. The molecule has 3 heterocycles. The molecule has 3 rings (SSSR count). The Labute approximate surface area is 116 Å². The second-order valence-corrected chi connectivity index (χ2v) is 5.28. The number of hydrogen-bond donors (Lipinski definition) is 2. The molecule has 0 saturated carbocycles. The third-order valence-corrected chi connectivity index (χ3v) is 3.85. The number of aryl methyl sites for hydroxylation is 2. The Morgan fingerprint density at radius 3 is 3.05 bits per heavy atom. The molecule has 0 aromatic carbocycles. The maximum atomic E-state index is 11.9. The van der Waals surface area contributed by atoms with Crippen LogP contribution in [0.25, 0.3) is 0 Å². The van der Waals surface area contributed by atoms with Gasteiger partial charge in [-0.25, -0.2) is 0 Å². The summed E-state index contributed by atoms with van der Waals surface area (Å²) in [5, 5.41) is 16.7. The molecule has 7 heteroatoms. The number of aliphatic hydroxyl groups excluding tert-OH is 1. The van der Waals surface area contributed by atoms with Crippen LogP contribution in [0, 0.1) is 6.92 Å². The number of ether oxygens (including phenoxy) is 2. The summed E-state index contributed by atoms with van der Waals surface area (Å²) in [6.45, 7) is 3.16. The predicted octanol–water partition coefficient (Wildman–Crippen LogP) is -0.775. The lowest BCUT2D eigenvalue weighted by atomic mass is 10.1. The molecule has 0 spiro atoms. The molecule has 110 valence electrons. The van der Waals surface area contributed by atoms with Crippen molar-refractivity contribution in [2.24, 2.45) is 0 Å². The van der Waals surface area contributed by atoms with Gasteiger partial charge in [-0.1, -0.05) is 0 Å². The average Bonchev–Trinajstić information content (AvgIpc) is 3.09. The molecule has 0 aliphatic carbocycles. The van der Waals surface area contributed by atoms with Gasteiger partial charge in [-0.05, 0) is 13.0 Å². The standard InChI is InChI=1S/C13H19N3O4/c1-8-2-4-14-16(8)5-3-11(18)15-9-6-19-13-10(17)7-20-12(9)13/h2,4,9-10,12-13,17H,3,5-7H2,1H3,(H,15,18)/t9-,10-,12+,13+/m0/s1. The number of hydrogen-bond acceptors (Lipinski definition) is 5. The van der Waals surface area contributed by atoms with E-state index in [2.05, 4.69) is 10.4 Å². The molecule has 2 aliphatic heterocycles. The van der Waals surface area contributed by atoms with Gasteiger partial charge in [0.25, 0.3) is 0 Å². The molecule has 1 aromatic rings. The van der Waals surface area contributed by atoms with Crippen LogP contribution in [0.3, 0.4) is 0 Å². The zero-order valence-corrected chi connectivity index (χ0v) is 11.4. The average molecular weight is 281 g/mol. The fraction of sp³-hybridized carbons (Fsp3) is 0.692. The topological polar surface area (TPSA) is 85.6 Å². The van der Waals surface area contributed by atoms with Crippen LogP contribution in [0.2, 0.25) is 0 Å². The largest absolute Gasteiger partial charge is 0.388 e. The molecule has 0 radical (unpaired) electrons. The first-order valence-corrected chi connectivity index (χ1v) is 6.84. The molecule has 1 aromatic heterocycles. The Hall–Kier alpha value is -1.44. The van der Waals surface area contributed by atoms with Gasteiger partial charge in [0, 0.05) is 24.9 Å². The van der Waals surface area contributed by atoms with Crippen LogP contribution in [-0.4, -0.2) is 58.4 Å². The van der Waals surface area contributed by atoms with E-state index in [4.69, 9.17) is 9.47 Å². The third-order valence-electron chi connectivity index (χ3n) is 3.85. The first-order valence-electron chi connectivity index (χ1n) is 6.84. The van der Waals surface area contributed by atoms with Crippen LogP contribution in [-0.2, 0) is 20.8 Å². The van der Waals surface area contributed by atoms with Crippen molar-refractivity contribution in [1.29, 1.82) is 0 Å². The van der Waals surface area contributed by atoms with E-state index in [0.29, 0.717) is 19.6 Å². The van der Waals surface area contributed by atoms with Crippen molar-refractivity contribution in [2.75, 3.05) is 13.2 Å². The molecule has 1 amide bonds. The highest BCUT2D eigenvalue weighted by Crippen LogP contribution is 2.26. The molecule has 0 bridgehead atoms. The van der Waals surface area contributed by atoms with Crippen molar-refractivity contribution in [3.63, 3.8) is 0 Å². The van der Waals surface area contributed by atoms with Gasteiger partial charge in [0.1, 0.15) is 18.3 Å². The molecular weight excluding hydrogens is 262 g/mol. The van der Waals surface area contributed by atoms with Crippen molar-refractivity contribution in [2.45, 2.75) is 44.2 Å². The maximum Gasteiger partial charge on any atom is 0.222 e. The van der Waals surface area contributed by atoms with Crippen molar-refractivity contribution in [3.8, 4) is 0 Å². The molecule has 7 nitrogen and oxygen atoms in total. The highest BCUT2D eigenvalue weighted by Gasteiger charge is 2.47. The van der Waals surface area contributed by atoms with E-state index in [1.807, 2.05) is 13.0 Å². The monoisotopic (exact) mass is 281 g/mol. The van der Waals surface area contributed by atoms with E-state index >= 15 is 0 Å². The number of carbonyl (C=O) groups excluding carboxylic acids is 1. The fourth-order valence-electron chi connectivity index (χ4n) is 2.72. The van der Waals surface area contributed by atoms with Crippen LogP contribution in [0.4, 0.5) is 0 Å². The molecule has 2 fully saturated rings.